The Morgan fingerprint density at radius 3 is 2.76 bits per heavy atom. The van der Waals surface area contributed by atoms with Crippen molar-refractivity contribution < 1.29 is 22.9 Å². The maximum Gasteiger partial charge on any atom is 0.286 e. The van der Waals surface area contributed by atoms with Crippen molar-refractivity contribution in [1.82, 2.24) is 9.62 Å². The molecule has 2 aromatic carbocycles. The summed E-state index contributed by atoms with van der Waals surface area (Å²) in [5.41, 5.74) is 3.38. The van der Waals surface area contributed by atoms with Gasteiger partial charge >= 0.3 is 0 Å². The first-order valence-electron chi connectivity index (χ1n) is 17.3. The first-order valence-corrected chi connectivity index (χ1v) is 20.6. The highest BCUT2D eigenvalue weighted by Crippen LogP contribution is 2.46. The Bertz CT molecular complexity index is 1840. The molecule has 2 aliphatic heterocycles. The van der Waals surface area contributed by atoms with E-state index in [9.17, 15) is 18.2 Å². The summed E-state index contributed by atoms with van der Waals surface area (Å²) < 4.78 is 40.3. The predicted molar refractivity (Wildman–Crippen MR) is 207 cm³/mol. The minimum Gasteiger partial charge on any atom is -0.490 e. The molecule has 8 nitrogen and oxygen atoms in total. The third kappa shape index (κ3) is 8.09. The number of amides is 2. The van der Waals surface area contributed by atoms with Gasteiger partial charge in [-0.15, -0.1) is 4.36 Å². The van der Waals surface area contributed by atoms with Gasteiger partial charge in [-0.2, -0.15) is 0 Å². The Kier molecular flexibility index (Phi) is 11.3. The fourth-order valence-electron chi connectivity index (χ4n) is 7.74. The summed E-state index contributed by atoms with van der Waals surface area (Å²) in [5, 5.41) is 0.737. The number of halogens is 3. The van der Waals surface area contributed by atoms with Crippen molar-refractivity contribution in [3.05, 3.63) is 94.7 Å². The van der Waals surface area contributed by atoms with Gasteiger partial charge in [0, 0.05) is 42.3 Å². The van der Waals surface area contributed by atoms with E-state index in [2.05, 4.69) is 44.8 Å². The monoisotopic (exact) mass is 834 g/mol. The molecular weight excluding hydrogens is 790 g/mol. The minimum atomic E-state index is -3.60. The number of ether oxygens (including phenoxy) is 1. The molecule has 0 radical (unpaired) electrons. The van der Waals surface area contributed by atoms with Gasteiger partial charge in [0.15, 0.2) is 0 Å². The van der Waals surface area contributed by atoms with Crippen LogP contribution < -0.4 is 14.4 Å². The average Bonchev–Trinajstić information content (AvgIpc) is 3.21. The molecule has 12 heteroatoms. The van der Waals surface area contributed by atoms with Crippen LogP contribution in [0.2, 0.25) is 5.02 Å². The van der Waals surface area contributed by atoms with Crippen LogP contribution in [-0.2, 0) is 26.5 Å². The molecule has 0 aromatic heterocycles. The van der Waals surface area contributed by atoms with Crippen molar-refractivity contribution >= 4 is 61.6 Å². The van der Waals surface area contributed by atoms with Crippen molar-refractivity contribution in [1.29, 1.82) is 0 Å². The van der Waals surface area contributed by atoms with E-state index in [1.54, 1.807) is 28.7 Å². The number of alkyl halides is 2. The number of fused-ring (bicyclic) bond motifs is 4. The van der Waals surface area contributed by atoms with E-state index < -0.39 is 26.0 Å². The first-order chi connectivity index (χ1) is 23.9. The number of hydrogen-bond donors (Lipinski definition) is 1. The summed E-state index contributed by atoms with van der Waals surface area (Å²) in [7, 11) is -2.12. The van der Waals surface area contributed by atoms with Crippen molar-refractivity contribution in [2.75, 3.05) is 37.4 Å². The Morgan fingerprint density at radius 1 is 1.24 bits per heavy atom. The van der Waals surface area contributed by atoms with E-state index in [1.165, 1.54) is 41.8 Å². The van der Waals surface area contributed by atoms with Gasteiger partial charge in [-0.25, -0.2) is 8.60 Å². The Labute approximate surface area is 314 Å². The van der Waals surface area contributed by atoms with E-state index in [4.69, 9.17) is 16.3 Å². The number of nitrogens with one attached hydrogen (secondary N) is 1. The zero-order valence-corrected chi connectivity index (χ0v) is 32.3. The highest BCUT2D eigenvalue weighted by atomic mass is 127. The summed E-state index contributed by atoms with van der Waals surface area (Å²) >= 11 is 8.01. The quantitative estimate of drug-likeness (QED) is 0.0818. The molecule has 1 saturated carbocycles. The van der Waals surface area contributed by atoms with Gasteiger partial charge in [-0.1, -0.05) is 49.4 Å². The van der Waals surface area contributed by atoms with E-state index >= 15 is 0 Å². The van der Waals surface area contributed by atoms with Gasteiger partial charge in [-0.05, 0) is 127 Å². The van der Waals surface area contributed by atoms with Crippen LogP contribution in [0.1, 0.15) is 66.9 Å². The molecule has 50 heavy (non-hydrogen) atoms. The van der Waals surface area contributed by atoms with Crippen LogP contribution in [0, 0.1) is 17.8 Å². The summed E-state index contributed by atoms with van der Waals surface area (Å²) in [6, 6.07) is 11.5. The maximum atomic E-state index is 14.4. The minimum absolute atomic E-state index is 0.00485. The van der Waals surface area contributed by atoms with Crippen LogP contribution in [-0.4, -0.2) is 57.7 Å². The van der Waals surface area contributed by atoms with Crippen molar-refractivity contribution in [2.45, 2.75) is 61.6 Å². The summed E-state index contributed by atoms with van der Waals surface area (Å²) in [4.78, 5) is 30.9. The van der Waals surface area contributed by atoms with Crippen molar-refractivity contribution in [2.24, 2.45) is 22.1 Å². The topological polar surface area (TPSA) is 91.3 Å². The van der Waals surface area contributed by atoms with Gasteiger partial charge in [0.05, 0.1) is 23.6 Å². The molecule has 1 fully saturated rings. The molecule has 2 aromatic rings. The third-order valence-corrected chi connectivity index (χ3v) is 13.7. The molecule has 1 spiro atoms. The van der Waals surface area contributed by atoms with Crippen molar-refractivity contribution in [3.8, 4) is 5.75 Å². The molecule has 4 aliphatic rings. The number of rotatable bonds is 5. The Morgan fingerprint density at radius 2 is 2.02 bits per heavy atom. The second-order valence-corrected chi connectivity index (χ2v) is 17.8. The normalized spacial score (nSPS) is 29.5. The van der Waals surface area contributed by atoms with Crippen LogP contribution in [0.3, 0.4) is 0 Å². The summed E-state index contributed by atoms with van der Waals surface area (Å²) in [5.74, 6) is 0.126. The molecule has 0 saturated heterocycles. The van der Waals surface area contributed by atoms with Crippen molar-refractivity contribution in [3.63, 3.8) is 0 Å². The molecule has 1 N–H and O–H groups in total. The average molecular weight is 835 g/mol. The third-order valence-electron chi connectivity index (χ3n) is 10.6. The molecule has 6 atom stereocenters. The van der Waals surface area contributed by atoms with E-state index in [0.717, 1.165) is 55.9 Å². The zero-order chi connectivity index (χ0) is 35.6. The van der Waals surface area contributed by atoms with Crippen LogP contribution >= 0.6 is 34.2 Å². The number of hydrogen-bond acceptors (Lipinski definition) is 6. The van der Waals surface area contributed by atoms with E-state index in [1.807, 2.05) is 25.1 Å². The number of aryl methyl sites for hydroxylation is 1. The van der Waals surface area contributed by atoms with Gasteiger partial charge in [-0.3, -0.25) is 14.3 Å². The fraction of sp³-hybridized carbons (Fsp3) is 0.474. The number of nitrogens with zero attached hydrogens (tertiary/aromatic N) is 3. The van der Waals surface area contributed by atoms with Gasteiger partial charge < -0.3 is 14.5 Å². The molecule has 6 rings (SSSR count). The fourth-order valence-corrected chi connectivity index (χ4v) is 9.99. The number of anilines is 1. The highest BCUT2D eigenvalue weighted by molar-refractivity contribution is 14.1. The Balaban J connectivity index is 1.40. The second-order valence-electron chi connectivity index (χ2n) is 14.3. The van der Waals surface area contributed by atoms with E-state index in [-0.39, 0.29) is 28.2 Å². The number of carbonyl (C=O) groups excluding carboxylic acids is 2. The smallest absolute Gasteiger partial charge is 0.286 e. The van der Waals surface area contributed by atoms with Crippen LogP contribution in [0.15, 0.2) is 77.3 Å². The molecule has 268 valence electrons. The number of benzene rings is 2. The maximum absolute atomic E-state index is 14.4. The molecule has 2 aliphatic carbocycles. The second kappa shape index (κ2) is 15.4. The zero-order valence-electron chi connectivity index (χ0n) is 28.6. The molecule has 2 bridgehead atoms. The lowest BCUT2D eigenvalue weighted by Gasteiger charge is -2.44. The lowest BCUT2D eigenvalue weighted by Crippen LogP contribution is -2.48. The molecule has 2 amide bonds. The first kappa shape index (κ1) is 36.9. The molecule has 2 heterocycles. The molecular formula is C38H45ClFIN4O4S. The SMILES string of the molecule is C=C/C(=C\N(C)C(F)I)C(=O)NS1(=O)=NC(=O)c2ccc3c(c2)N(C[C@@H]2CC[C@H]2C/C=C/C[C@H](C)C1)C[C@@]1(CCCc2cc(Cl)ccc21)CO3. The number of allylic oxidation sites excluding steroid dienone is 2. The highest BCUT2D eigenvalue weighted by Gasteiger charge is 2.43. The standard InChI is InChI=1S/C38H45ClFIN4O4S/c1-4-26(20-44(3)37(40)41)35(46)42-50(48)22-25(2)8-5-6-9-27-11-12-30(27)21-45-23-38(17-7-10-28-18-31(39)14-15-32(28)38)24-49-34-16-13-29(19-33(34)45)36(47)43-50/h4-6,13-16,18-20,25,27,30,37H,1,7-12,17,21-24H2,2-3H3,(H,42,43,46,47,48)/b6-5+,26-20+/t25-,27+,30-,37?,38-,50?/m0/s1. The summed E-state index contributed by atoms with van der Waals surface area (Å²) in [6.07, 6.45) is 13.8. The van der Waals surface area contributed by atoms with Gasteiger partial charge in [0.1, 0.15) is 15.7 Å². The molecule has 2 unspecified atom stereocenters. The van der Waals surface area contributed by atoms with Crippen LogP contribution in [0.25, 0.3) is 0 Å². The van der Waals surface area contributed by atoms with Crippen LogP contribution in [0.4, 0.5) is 10.1 Å². The largest absolute Gasteiger partial charge is 0.490 e. The summed E-state index contributed by atoms with van der Waals surface area (Å²) in [6.45, 7) is 7.67. The predicted octanol–water partition coefficient (Wildman–Crippen LogP) is 8.15. The van der Waals surface area contributed by atoms with Gasteiger partial charge in [0.2, 0.25) is 4.30 Å². The van der Waals surface area contributed by atoms with Crippen LogP contribution in [0.5, 0.6) is 5.75 Å². The van der Waals surface area contributed by atoms with Gasteiger partial charge in [0.25, 0.3) is 11.8 Å². The lowest BCUT2D eigenvalue weighted by molar-refractivity contribution is -0.115. The lowest BCUT2D eigenvalue weighted by atomic mass is 9.69. The number of carbonyl (C=O) groups is 2. The van der Waals surface area contributed by atoms with E-state index in [0.29, 0.717) is 30.6 Å². The Hall–Kier alpha value is -2.90.